The highest BCUT2D eigenvalue weighted by Crippen LogP contribution is 2.28. The predicted octanol–water partition coefficient (Wildman–Crippen LogP) is 3.18. The van der Waals surface area contributed by atoms with E-state index in [2.05, 4.69) is 0 Å². The molecule has 1 aromatic heterocycles. The molecule has 0 saturated carbocycles. The van der Waals surface area contributed by atoms with Crippen molar-refractivity contribution in [2.24, 2.45) is 0 Å². The van der Waals surface area contributed by atoms with Crippen molar-refractivity contribution in [3.05, 3.63) is 46.9 Å². The van der Waals surface area contributed by atoms with Crippen LogP contribution in [0, 0.1) is 0 Å². The summed E-state index contributed by atoms with van der Waals surface area (Å²) in [6, 6.07) is 7.95. The second-order valence-corrected chi connectivity index (χ2v) is 3.88. The summed E-state index contributed by atoms with van der Waals surface area (Å²) in [6.45, 7) is 0. The molecule has 0 atom stereocenters. The molecule has 5 heteroatoms. The summed E-state index contributed by atoms with van der Waals surface area (Å²) in [7, 11) is 3.04. The van der Waals surface area contributed by atoms with Gasteiger partial charge in [-0.15, -0.1) is 0 Å². The van der Waals surface area contributed by atoms with Gasteiger partial charge in [0.25, 0.3) is 0 Å². The van der Waals surface area contributed by atoms with Crippen molar-refractivity contribution in [1.29, 1.82) is 0 Å². The van der Waals surface area contributed by atoms with E-state index in [0.717, 1.165) is 0 Å². The number of carbonyl (C=O) groups excluding carboxylic acids is 1. The molecule has 94 valence electrons. The lowest BCUT2D eigenvalue weighted by Gasteiger charge is -2.08. The Balaban J connectivity index is 2.36. The molecule has 1 aromatic carbocycles. The third-order valence-corrected chi connectivity index (χ3v) is 2.65. The first-order chi connectivity index (χ1) is 8.65. The van der Waals surface area contributed by atoms with E-state index >= 15 is 0 Å². The topological polar surface area (TPSA) is 48.7 Å². The van der Waals surface area contributed by atoms with Gasteiger partial charge in [-0.25, -0.2) is 0 Å². The molecule has 0 aliphatic rings. The largest absolute Gasteiger partial charge is 0.493 e. The lowest BCUT2D eigenvalue weighted by Crippen LogP contribution is -2.01. The van der Waals surface area contributed by atoms with Gasteiger partial charge in [-0.2, -0.15) is 0 Å². The molecule has 0 aliphatic heterocycles. The van der Waals surface area contributed by atoms with Crippen LogP contribution in [0.3, 0.4) is 0 Å². The molecule has 2 aromatic rings. The maximum atomic E-state index is 12.1. The van der Waals surface area contributed by atoms with E-state index in [1.54, 1.807) is 18.2 Å². The Morgan fingerprint density at radius 3 is 2.39 bits per heavy atom. The summed E-state index contributed by atoms with van der Waals surface area (Å²) in [4.78, 5) is 12.1. The molecule has 0 unspecified atom stereocenters. The fourth-order valence-electron chi connectivity index (χ4n) is 1.56. The molecule has 0 spiro atoms. The third-order valence-electron chi connectivity index (χ3n) is 2.44. The Labute approximate surface area is 109 Å². The van der Waals surface area contributed by atoms with Crippen molar-refractivity contribution in [1.82, 2.24) is 0 Å². The highest BCUT2D eigenvalue weighted by atomic mass is 35.5. The fraction of sp³-hybridized carbons (Fsp3) is 0.154. The maximum absolute atomic E-state index is 12.1. The summed E-state index contributed by atoms with van der Waals surface area (Å²) in [5.74, 6) is 0.975. The van der Waals surface area contributed by atoms with Crippen molar-refractivity contribution >= 4 is 17.4 Å². The Hall–Kier alpha value is -1.94. The Morgan fingerprint density at radius 1 is 1.11 bits per heavy atom. The number of ether oxygens (including phenoxy) is 2. The number of benzene rings is 1. The molecule has 0 bridgehead atoms. The molecule has 0 aliphatic carbocycles. The third kappa shape index (κ3) is 2.33. The van der Waals surface area contributed by atoms with Crippen molar-refractivity contribution in [2.45, 2.75) is 0 Å². The molecular formula is C13H11ClO4. The quantitative estimate of drug-likeness (QED) is 0.798. The number of hydrogen-bond acceptors (Lipinski definition) is 4. The molecule has 0 fully saturated rings. The van der Waals surface area contributed by atoms with E-state index < -0.39 is 0 Å². The van der Waals surface area contributed by atoms with Crippen molar-refractivity contribution < 1.29 is 18.7 Å². The lowest BCUT2D eigenvalue weighted by atomic mass is 10.1. The van der Waals surface area contributed by atoms with Gasteiger partial charge in [0, 0.05) is 5.56 Å². The number of halogens is 1. The molecule has 1 heterocycles. The minimum Gasteiger partial charge on any atom is -0.493 e. The Kier molecular flexibility index (Phi) is 3.58. The summed E-state index contributed by atoms with van der Waals surface area (Å²) < 4.78 is 15.3. The number of ketones is 1. The van der Waals surface area contributed by atoms with E-state index in [1.807, 2.05) is 0 Å². The molecule has 2 rings (SSSR count). The van der Waals surface area contributed by atoms with Crippen molar-refractivity contribution in [3.8, 4) is 11.5 Å². The van der Waals surface area contributed by atoms with Crippen LogP contribution in [0.5, 0.6) is 11.5 Å². The monoisotopic (exact) mass is 266 g/mol. The summed E-state index contributed by atoms with van der Waals surface area (Å²) in [6.07, 6.45) is 0. The van der Waals surface area contributed by atoms with E-state index in [-0.39, 0.29) is 16.8 Å². The van der Waals surface area contributed by atoms with Crippen molar-refractivity contribution in [3.63, 3.8) is 0 Å². The minimum absolute atomic E-state index is 0.179. The standard InChI is InChI=1S/C13H11ClO4/c1-16-9-4-3-8(7-11(9)17-2)13(15)10-5-6-12(14)18-10/h3-7H,1-2H3. The van der Waals surface area contributed by atoms with E-state index in [0.29, 0.717) is 17.1 Å². The van der Waals surface area contributed by atoms with Crippen molar-refractivity contribution in [2.75, 3.05) is 14.2 Å². The van der Waals surface area contributed by atoms with E-state index in [9.17, 15) is 4.79 Å². The minimum atomic E-state index is -0.261. The average molecular weight is 267 g/mol. The highest BCUT2D eigenvalue weighted by molar-refractivity contribution is 6.29. The normalized spacial score (nSPS) is 10.2. The number of methoxy groups -OCH3 is 2. The van der Waals surface area contributed by atoms with Gasteiger partial charge in [0.1, 0.15) is 0 Å². The summed E-state index contributed by atoms with van der Waals surface area (Å²) >= 11 is 5.63. The lowest BCUT2D eigenvalue weighted by molar-refractivity contribution is 0.101. The van der Waals surface area contributed by atoms with Gasteiger partial charge in [-0.3, -0.25) is 4.79 Å². The molecular weight excluding hydrogens is 256 g/mol. The SMILES string of the molecule is COc1ccc(C(=O)c2ccc(Cl)o2)cc1OC. The van der Waals surface area contributed by atoms with Crippen LogP contribution >= 0.6 is 11.6 Å². The van der Waals surface area contributed by atoms with Crippen LogP contribution in [0.2, 0.25) is 5.22 Å². The predicted molar refractivity (Wildman–Crippen MR) is 66.7 cm³/mol. The fourth-order valence-corrected chi connectivity index (χ4v) is 1.70. The van der Waals surface area contributed by atoms with E-state index in [1.165, 1.54) is 26.4 Å². The number of rotatable bonds is 4. The van der Waals surface area contributed by atoms with Crippen LogP contribution in [-0.4, -0.2) is 20.0 Å². The molecule has 4 nitrogen and oxygen atoms in total. The highest BCUT2D eigenvalue weighted by Gasteiger charge is 2.15. The van der Waals surface area contributed by atoms with Crippen LogP contribution in [0.15, 0.2) is 34.7 Å². The Bertz CT molecular complexity index is 574. The van der Waals surface area contributed by atoms with Crippen LogP contribution < -0.4 is 9.47 Å². The van der Waals surface area contributed by atoms with Gasteiger partial charge in [0.05, 0.1) is 14.2 Å². The Morgan fingerprint density at radius 2 is 1.83 bits per heavy atom. The number of furan rings is 1. The van der Waals surface area contributed by atoms with Gasteiger partial charge in [-0.1, -0.05) is 0 Å². The maximum Gasteiger partial charge on any atom is 0.228 e. The van der Waals surface area contributed by atoms with Crippen LogP contribution in [0.1, 0.15) is 16.1 Å². The zero-order valence-electron chi connectivity index (χ0n) is 9.90. The number of hydrogen-bond donors (Lipinski definition) is 0. The second kappa shape index (κ2) is 5.14. The zero-order valence-corrected chi connectivity index (χ0v) is 10.7. The van der Waals surface area contributed by atoms with E-state index in [4.69, 9.17) is 25.5 Å². The summed E-state index contributed by atoms with van der Waals surface area (Å²) in [5.41, 5.74) is 0.443. The first kappa shape index (κ1) is 12.5. The van der Waals surface area contributed by atoms with Gasteiger partial charge in [-0.05, 0) is 41.9 Å². The molecule has 18 heavy (non-hydrogen) atoms. The second-order valence-electron chi connectivity index (χ2n) is 3.50. The number of carbonyl (C=O) groups is 1. The van der Waals surface area contributed by atoms with Crippen LogP contribution in [0.4, 0.5) is 0 Å². The first-order valence-electron chi connectivity index (χ1n) is 5.17. The van der Waals surface area contributed by atoms with Crippen LogP contribution in [0.25, 0.3) is 0 Å². The van der Waals surface area contributed by atoms with Gasteiger partial charge in [0.15, 0.2) is 22.5 Å². The molecule has 0 saturated heterocycles. The molecule has 0 N–H and O–H groups in total. The van der Waals surface area contributed by atoms with Gasteiger partial charge >= 0.3 is 0 Å². The summed E-state index contributed by atoms with van der Waals surface area (Å²) in [5, 5.41) is 0.179. The smallest absolute Gasteiger partial charge is 0.228 e. The molecule has 0 radical (unpaired) electrons. The zero-order chi connectivity index (χ0) is 13.1. The van der Waals surface area contributed by atoms with Gasteiger partial charge < -0.3 is 13.9 Å². The first-order valence-corrected chi connectivity index (χ1v) is 5.55. The van der Waals surface area contributed by atoms with Gasteiger partial charge in [0.2, 0.25) is 5.78 Å². The van der Waals surface area contributed by atoms with Crippen LogP contribution in [-0.2, 0) is 0 Å². The average Bonchev–Trinajstić information content (AvgIpc) is 2.83. The molecule has 0 amide bonds.